The number of aryl methyl sites for hydroxylation is 2. The fourth-order valence-electron chi connectivity index (χ4n) is 4.57. The third-order valence-corrected chi connectivity index (χ3v) is 6.57. The summed E-state index contributed by atoms with van der Waals surface area (Å²) in [5.41, 5.74) is 4.80. The quantitative estimate of drug-likeness (QED) is 0.133. The van der Waals surface area contributed by atoms with Gasteiger partial charge in [0.05, 0.1) is 10.6 Å². The van der Waals surface area contributed by atoms with Gasteiger partial charge in [0.15, 0.2) is 5.11 Å². The lowest BCUT2D eigenvalue weighted by Crippen LogP contribution is -2.54. The first-order valence-electron chi connectivity index (χ1n) is 11.5. The Hall–Kier alpha value is -4.63. The van der Waals surface area contributed by atoms with E-state index in [0.717, 1.165) is 27.6 Å². The molecule has 0 spiro atoms. The first-order valence-corrected chi connectivity index (χ1v) is 11.9. The number of para-hydroxylation sites is 1. The van der Waals surface area contributed by atoms with E-state index in [2.05, 4.69) is 5.32 Å². The molecule has 0 radical (unpaired) electrons. The number of non-ortho nitro benzene ring substituents is 1. The summed E-state index contributed by atoms with van der Waals surface area (Å²) in [7, 11) is 0. The molecule has 1 fully saturated rings. The molecule has 0 atom stereocenters. The van der Waals surface area contributed by atoms with Crippen molar-refractivity contribution in [2.75, 3.05) is 4.90 Å². The minimum Gasteiger partial charge on any atom is -0.342 e. The molecule has 0 saturated carbocycles. The van der Waals surface area contributed by atoms with E-state index in [0.29, 0.717) is 17.8 Å². The van der Waals surface area contributed by atoms with Gasteiger partial charge >= 0.3 is 0 Å². The molecule has 1 saturated heterocycles. The van der Waals surface area contributed by atoms with Crippen LogP contribution in [0.15, 0.2) is 78.5 Å². The van der Waals surface area contributed by atoms with Crippen molar-refractivity contribution in [2.45, 2.75) is 20.4 Å². The molecule has 4 aromatic rings. The summed E-state index contributed by atoms with van der Waals surface area (Å²) in [6, 6.07) is 19.7. The zero-order valence-corrected chi connectivity index (χ0v) is 20.9. The summed E-state index contributed by atoms with van der Waals surface area (Å²) in [6.07, 6.45) is 3.41. The van der Waals surface area contributed by atoms with E-state index in [9.17, 15) is 19.7 Å². The molecule has 37 heavy (non-hydrogen) atoms. The molecular weight excluding hydrogens is 488 g/mol. The Labute approximate surface area is 218 Å². The lowest BCUT2D eigenvalue weighted by molar-refractivity contribution is -0.384. The Kier molecular flexibility index (Phi) is 6.14. The van der Waals surface area contributed by atoms with Gasteiger partial charge in [-0.2, -0.15) is 0 Å². The van der Waals surface area contributed by atoms with Crippen molar-refractivity contribution in [1.29, 1.82) is 0 Å². The molecule has 5 rings (SSSR count). The van der Waals surface area contributed by atoms with Gasteiger partial charge in [-0.05, 0) is 55.4 Å². The van der Waals surface area contributed by atoms with Crippen LogP contribution in [0.25, 0.3) is 17.0 Å². The number of aromatic nitrogens is 1. The highest BCUT2D eigenvalue weighted by molar-refractivity contribution is 7.80. The highest BCUT2D eigenvalue weighted by atomic mass is 32.1. The van der Waals surface area contributed by atoms with Gasteiger partial charge in [0, 0.05) is 41.3 Å². The van der Waals surface area contributed by atoms with Crippen LogP contribution in [0.4, 0.5) is 11.4 Å². The Bertz CT molecular complexity index is 1650. The Morgan fingerprint density at radius 2 is 1.81 bits per heavy atom. The third kappa shape index (κ3) is 4.52. The molecular formula is C28H22N4O4S. The van der Waals surface area contributed by atoms with Gasteiger partial charge in [-0.15, -0.1) is 0 Å². The SMILES string of the molecule is Cc1ccc(N2C(=O)/C(=C/c3cn(Cc4cccc([N+](=O)[O-])c4)c4ccccc34)C(=O)NC2=S)c(C)c1. The third-order valence-electron chi connectivity index (χ3n) is 6.29. The highest BCUT2D eigenvalue weighted by Crippen LogP contribution is 2.29. The maximum atomic E-state index is 13.6. The lowest BCUT2D eigenvalue weighted by Gasteiger charge is -2.30. The van der Waals surface area contributed by atoms with Crippen LogP contribution in [0, 0.1) is 24.0 Å². The van der Waals surface area contributed by atoms with Gasteiger partial charge in [0.25, 0.3) is 17.5 Å². The molecule has 8 nitrogen and oxygen atoms in total. The summed E-state index contributed by atoms with van der Waals surface area (Å²) >= 11 is 5.35. The van der Waals surface area contributed by atoms with Gasteiger partial charge in [0.2, 0.25) is 0 Å². The van der Waals surface area contributed by atoms with Crippen LogP contribution >= 0.6 is 12.2 Å². The summed E-state index contributed by atoms with van der Waals surface area (Å²) < 4.78 is 1.94. The van der Waals surface area contributed by atoms with Gasteiger partial charge in [-0.3, -0.25) is 29.9 Å². The second kappa shape index (κ2) is 9.44. The molecule has 1 aromatic heterocycles. The van der Waals surface area contributed by atoms with Crippen LogP contribution in [0.5, 0.6) is 0 Å². The maximum absolute atomic E-state index is 13.6. The average Bonchev–Trinajstić information content (AvgIpc) is 3.20. The molecule has 1 N–H and O–H groups in total. The van der Waals surface area contributed by atoms with Crippen molar-refractivity contribution >= 4 is 57.5 Å². The first-order chi connectivity index (χ1) is 17.7. The monoisotopic (exact) mass is 510 g/mol. The van der Waals surface area contributed by atoms with Crippen LogP contribution in [0.1, 0.15) is 22.3 Å². The van der Waals surface area contributed by atoms with Gasteiger partial charge < -0.3 is 4.57 Å². The molecule has 2 amide bonds. The maximum Gasteiger partial charge on any atom is 0.270 e. The van der Waals surface area contributed by atoms with Crippen molar-refractivity contribution in [1.82, 2.24) is 9.88 Å². The topological polar surface area (TPSA) is 97.5 Å². The smallest absolute Gasteiger partial charge is 0.270 e. The Morgan fingerprint density at radius 3 is 2.57 bits per heavy atom. The summed E-state index contributed by atoms with van der Waals surface area (Å²) in [6.45, 7) is 4.23. The van der Waals surface area contributed by atoms with E-state index in [-0.39, 0.29) is 16.4 Å². The lowest BCUT2D eigenvalue weighted by atomic mass is 10.0. The zero-order chi connectivity index (χ0) is 26.3. The summed E-state index contributed by atoms with van der Waals surface area (Å²) in [4.78, 5) is 38.6. The number of carbonyl (C=O) groups excluding carboxylic acids is 2. The normalized spacial score (nSPS) is 14.9. The van der Waals surface area contributed by atoms with Crippen LogP contribution in [-0.2, 0) is 16.1 Å². The molecule has 0 bridgehead atoms. The van der Waals surface area contributed by atoms with E-state index < -0.39 is 16.7 Å². The number of nitro groups is 1. The molecule has 184 valence electrons. The highest BCUT2D eigenvalue weighted by Gasteiger charge is 2.35. The fraction of sp³-hybridized carbons (Fsp3) is 0.107. The number of carbonyl (C=O) groups is 2. The number of nitro benzene ring substituents is 1. The number of benzene rings is 3. The van der Waals surface area contributed by atoms with E-state index in [1.807, 2.05) is 73.1 Å². The standard InChI is InChI=1S/C28H22N4O4S/c1-17-10-11-24(18(2)12-17)31-27(34)23(26(33)29-28(31)37)14-20-16-30(25-9-4-3-8-22(20)25)15-19-6-5-7-21(13-19)32(35)36/h3-14,16H,15H2,1-2H3,(H,29,33,37)/b23-14+. The Morgan fingerprint density at radius 1 is 1.03 bits per heavy atom. The average molecular weight is 511 g/mol. The molecule has 2 heterocycles. The fourth-order valence-corrected chi connectivity index (χ4v) is 4.85. The molecule has 1 aliphatic rings. The summed E-state index contributed by atoms with van der Waals surface area (Å²) in [5, 5.41) is 14.7. The second-order valence-electron chi connectivity index (χ2n) is 8.90. The number of amides is 2. The number of thiocarbonyl (C=S) groups is 1. The number of nitrogens with zero attached hydrogens (tertiary/aromatic N) is 3. The van der Waals surface area contributed by atoms with Crippen molar-refractivity contribution in [3.8, 4) is 0 Å². The van der Waals surface area contributed by atoms with Crippen LogP contribution in [-0.4, -0.2) is 26.4 Å². The molecule has 0 aliphatic carbocycles. The summed E-state index contributed by atoms with van der Waals surface area (Å²) in [5.74, 6) is -1.07. The minimum atomic E-state index is -0.563. The van der Waals surface area contributed by atoms with E-state index in [4.69, 9.17) is 12.2 Å². The van der Waals surface area contributed by atoms with Crippen molar-refractivity contribution in [3.05, 3.63) is 111 Å². The number of hydrogen-bond acceptors (Lipinski definition) is 5. The van der Waals surface area contributed by atoms with Gasteiger partial charge in [-0.1, -0.05) is 48.0 Å². The largest absolute Gasteiger partial charge is 0.342 e. The van der Waals surface area contributed by atoms with E-state index in [1.165, 1.54) is 17.0 Å². The molecule has 9 heteroatoms. The molecule has 3 aromatic carbocycles. The van der Waals surface area contributed by atoms with Gasteiger partial charge in [-0.25, -0.2) is 0 Å². The van der Waals surface area contributed by atoms with E-state index >= 15 is 0 Å². The van der Waals surface area contributed by atoms with Crippen LogP contribution < -0.4 is 10.2 Å². The van der Waals surface area contributed by atoms with Crippen molar-refractivity contribution in [2.24, 2.45) is 0 Å². The van der Waals surface area contributed by atoms with Gasteiger partial charge in [0.1, 0.15) is 5.57 Å². The second-order valence-corrected chi connectivity index (χ2v) is 9.29. The van der Waals surface area contributed by atoms with Crippen molar-refractivity contribution in [3.63, 3.8) is 0 Å². The van der Waals surface area contributed by atoms with E-state index in [1.54, 1.807) is 12.1 Å². The van der Waals surface area contributed by atoms with Crippen molar-refractivity contribution < 1.29 is 14.5 Å². The number of anilines is 1. The zero-order valence-electron chi connectivity index (χ0n) is 20.1. The van der Waals surface area contributed by atoms with Crippen LogP contribution in [0.2, 0.25) is 0 Å². The number of rotatable bonds is 5. The Balaban J connectivity index is 1.56. The number of hydrogen-bond donors (Lipinski definition) is 1. The predicted octanol–water partition coefficient (Wildman–Crippen LogP) is 5.05. The first kappa shape index (κ1) is 24.1. The predicted molar refractivity (Wildman–Crippen MR) is 146 cm³/mol. The minimum absolute atomic E-state index is 0.0169. The molecule has 1 aliphatic heterocycles. The number of nitrogens with one attached hydrogen (secondary N) is 1. The number of fused-ring (bicyclic) bond motifs is 1. The molecule has 0 unspecified atom stereocenters. The van der Waals surface area contributed by atoms with Crippen LogP contribution in [0.3, 0.4) is 0 Å².